The molecule has 88 heavy (non-hydrogen) atoms. The molecule has 0 saturated heterocycles. The fourth-order valence-corrected chi connectivity index (χ4v) is 12.0. The van der Waals surface area contributed by atoms with E-state index in [1.807, 2.05) is 0 Å². The van der Waals surface area contributed by atoms with E-state index in [0.29, 0.717) is 31.6 Å². The molecule has 0 amide bonds. The number of hydrogen-bond donors (Lipinski definition) is 3. The molecular weight excluding hydrogens is 1160 g/mol. The maximum Gasteiger partial charge on any atom is 0.472 e. The van der Waals surface area contributed by atoms with Crippen molar-refractivity contribution in [3.05, 3.63) is 0 Å². The first kappa shape index (κ1) is 86.1. The summed E-state index contributed by atoms with van der Waals surface area (Å²) < 4.78 is 68.2. The van der Waals surface area contributed by atoms with Crippen molar-refractivity contribution in [2.75, 3.05) is 39.6 Å². The number of aliphatic hydroxyl groups is 1. The van der Waals surface area contributed by atoms with Gasteiger partial charge in [-0.2, -0.15) is 0 Å². The third-order valence-electron chi connectivity index (χ3n) is 16.0. The smallest absolute Gasteiger partial charge is 0.462 e. The van der Waals surface area contributed by atoms with Gasteiger partial charge in [0.1, 0.15) is 19.3 Å². The standard InChI is InChI=1S/C69H134O17P2/c1-7-9-11-13-15-17-19-21-23-27-33-39-45-51-66(71)79-57-64(85-68(73)53-47-41-34-28-24-22-20-18-16-14-12-10-8-2)59-83-87(75,76)81-55-63(70)56-82-88(77,78)84-60-65(58-80-67(72)52-46-40-36-30-32-38-44-50-62(5)6)86-69(74)54-48-42-35-29-25-26-31-37-43-49-61(3)4/h61-65,70H,7-60H2,1-6H3,(H,75,76)(H,77,78)/t63-,64-,65-/m1/s1. The zero-order valence-corrected chi connectivity index (χ0v) is 58.8. The number of esters is 4. The van der Waals surface area contributed by atoms with Crippen molar-refractivity contribution in [1.29, 1.82) is 0 Å². The number of unbranched alkanes of at least 4 members (excludes halogenated alkanes) is 38. The molecule has 19 heteroatoms. The Balaban J connectivity index is 5.25. The summed E-state index contributed by atoms with van der Waals surface area (Å²) in [5.74, 6) is -0.683. The summed E-state index contributed by atoms with van der Waals surface area (Å²) in [7, 11) is -9.90. The Hall–Kier alpha value is -1.94. The van der Waals surface area contributed by atoms with E-state index in [0.717, 1.165) is 102 Å². The largest absolute Gasteiger partial charge is 0.472 e. The predicted octanol–water partition coefficient (Wildman–Crippen LogP) is 19.6. The molecule has 0 saturated carbocycles. The van der Waals surface area contributed by atoms with Crippen molar-refractivity contribution in [2.24, 2.45) is 11.8 Å². The zero-order chi connectivity index (χ0) is 65.0. The molecular formula is C69H134O17P2. The normalized spacial score (nSPS) is 14.2. The van der Waals surface area contributed by atoms with Gasteiger partial charge in [0, 0.05) is 25.7 Å². The van der Waals surface area contributed by atoms with Crippen molar-refractivity contribution in [2.45, 2.75) is 368 Å². The molecule has 0 aromatic heterocycles. The van der Waals surface area contributed by atoms with Crippen LogP contribution in [0.25, 0.3) is 0 Å². The number of hydrogen-bond acceptors (Lipinski definition) is 15. The monoisotopic (exact) mass is 1300 g/mol. The van der Waals surface area contributed by atoms with Gasteiger partial charge in [0.2, 0.25) is 0 Å². The molecule has 0 aliphatic heterocycles. The molecule has 0 aliphatic carbocycles. The molecule has 0 aromatic rings. The summed E-state index contributed by atoms with van der Waals surface area (Å²) in [6.45, 7) is 9.47. The second-order valence-corrected chi connectivity index (χ2v) is 28.8. The van der Waals surface area contributed by atoms with Gasteiger partial charge in [-0.1, -0.05) is 298 Å². The average Bonchev–Trinajstić information content (AvgIpc) is 3.58. The minimum Gasteiger partial charge on any atom is -0.462 e. The second kappa shape index (κ2) is 61.3. The lowest BCUT2D eigenvalue weighted by Crippen LogP contribution is -2.30. The Morgan fingerprint density at radius 2 is 0.523 bits per heavy atom. The van der Waals surface area contributed by atoms with E-state index in [-0.39, 0.29) is 25.7 Å². The SMILES string of the molecule is CCCCCCCCCCCCCCCC(=O)OC[C@H](COP(=O)(O)OC[C@@H](O)COP(=O)(O)OC[C@@H](COC(=O)CCCCCCCCCC(C)C)OC(=O)CCCCCCCCCCCC(C)C)OC(=O)CCCCCCCCCCCCCCC. The van der Waals surface area contributed by atoms with Gasteiger partial charge in [-0.25, -0.2) is 9.13 Å². The highest BCUT2D eigenvalue weighted by Crippen LogP contribution is 2.45. The Morgan fingerprint density at radius 3 is 0.773 bits per heavy atom. The molecule has 2 unspecified atom stereocenters. The van der Waals surface area contributed by atoms with Crippen molar-refractivity contribution in [3.8, 4) is 0 Å². The first-order valence-corrected chi connectivity index (χ1v) is 39.0. The van der Waals surface area contributed by atoms with E-state index in [1.165, 1.54) is 161 Å². The van der Waals surface area contributed by atoms with Gasteiger partial charge in [-0.15, -0.1) is 0 Å². The van der Waals surface area contributed by atoms with Crippen LogP contribution in [0.2, 0.25) is 0 Å². The highest BCUT2D eigenvalue weighted by Gasteiger charge is 2.30. The molecule has 0 bridgehead atoms. The van der Waals surface area contributed by atoms with Gasteiger partial charge < -0.3 is 33.8 Å². The van der Waals surface area contributed by atoms with Crippen LogP contribution < -0.4 is 0 Å². The third-order valence-corrected chi connectivity index (χ3v) is 17.9. The van der Waals surface area contributed by atoms with E-state index in [4.69, 9.17) is 37.0 Å². The molecule has 0 heterocycles. The van der Waals surface area contributed by atoms with Crippen molar-refractivity contribution < 1.29 is 80.2 Å². The summed E-state index contributed by atoms with van der Waals surface area (Å²) in [5, 5.41) is 10.6. The summed E-state index contributed by atoms with van der Waals surface area (Å²) >= 11 is 0. The second-order valence-electron chi connectivity index (χ2n) is 25.9. The predicted molar refractivity (Wildman–Crippen MR) is 354 cm³/mol. The van der Waals surface area contributed by atoms with E-state index in [2.05, 4.69) is 41.5 Å². The molecule has 0 rings (SSSR count). The molecule has 0 aliphatic rings. The number of phosphoric acid groups is 2. The van der Waals surface area contributed by atoms with Crippen LogP contribution >= 0.6 is 15.6 Å². The topological polar surface area (TPSA) is 237 Å². The minimum absolute atomic E-state index is 0.105. The summed E-state index contributed by atoms with van der Waals surface area (Å²) in [6.07, 6.45) is 45.8. The lowest BCUT2D eigenvalue weighted by atomic mass is 10.0. The molecule has 522 valence electrons. The summed E-state index contributed by atoms with van der Waals surface area (Å²) in [5.41, 5.74) is 0. The molecule has 0 aromatic carbocycles. The van der Waals surface area contributed by atoms with Crippen molar-refractivity contribution in [3.63, 3.8) is 0 Å². The summed E-state index contributed by atoms with van der Waals surface area (Å²) in [6, 6.07) is 0. The van der Waals surface area contributed by atoms with E-state index in [1.54, 1.807) is 0 Å². The Kier molecular flexibility index (Phi) is 59.9. The maximum absolute atomic E-state index is 13.0. The van der Waals surface area contributed by atoms with Gasteiger partial charge in [-0.05, 0) is 37.5 Å². The van der Waals surface area contributed by atoms with Crippen LogP contribution in [0.15, 0.2) is 0 Å². The van der Waals surface area contributed by atoms with Gasteiger partial charge >= 0.3 is 39.5 Å². The fraction of sp³-hybridized carbons (Fsp3) is 0.942. The van der Waals surface area contributed by atoms with Crippen LogP contribution in [0, 0.1) is 11.8 Å². The van der Waals surface area contributed by atoms with Crippen LogP contribution in [0.1, 0.15) is 350 Å². The first-order valence-electron chi connectivity index (χ1n) is 36.0. The Bertz CT molecular complexity index is 1720. The van der Waals surface area contributed by atoms with Gasteiger partial charge in [-0.3, -0.25) is 37.3 Å². The number of phosphoric ester groups is 2. The van der Waals surface area contributed by atoms with E-state index >= 15 is 0 Å². The number of rotatable bonds is 68. The number of aliphatic hydroxyl groups excluding tert-OH is 1. The maximum atomic E-state index is 13.0. The Labute approximate surface area is 537 Å². The third kappa shape index (κ3) is 62.8. The van der Waals surface area contributed by atoms with Gasteiger partial charge in [0.05, 0.1) is 26.4 Å². The van der Waals surface area contributed by atoms with E-state index < -0.39 is 97.5 Å². The zero-order valence-electron chi connectivity index (χ0n) is 57.0. The molecule has 0 radical (unpaired) electrons. The number of carbonyl (C=O) groups is 4. The molecule has 0 spiro atoms. The quantitative estimate of drug-likeness (QED) is 0.0222. The van der Waals surface area contributed by atoms with Crippen LogP contribution in [0.5, 0.6) is 0 Å². The lowest BCUT2D eigenvalue weighted by molar-refractivity contribution is -0.161. The lowest BCUT2D eigenvalue weighted by Gasteiger charge is -2.21. The first-order chi connectivity index (χ1) is 42.4. The number of ether oxygens (including phenoxy) is 4. The highest BCUT2D eigenvalue weighted by atomic mass is 31.2. The molecule has 3 N–H and O–H groups in total. The fourth-order valence-electron chi connectivity index (χ4n) is 10.4. The number of carbonyl (C=O) groups excluding carboxylic acids is 4. The minimum atomic E-state index is -4.95. The summed E-state index contributed by atoms with van der Waals surface area (Å²) in [4.78, 5) is 72.5. The average molecular weight is 1300 g/mol. The Morgan fingerprint density at radius 1 is 0.307 bits per heavy atom. The van der Waals surface area contributed by atoms with Gasteiger partial charge in [0.15, 0.2) is 12.2 Å². The van der Waals surface area contributed by atoms with Crippen molar-refractivity contribution in [1.82, 2.24) is 0 Å². The van der Waals surface area contributed by atoms with Gasteiger partial charge in [0.25, 0.3) is 0 Å². The molecule has 0 fully saturated rings. The van der Waals surface area contributed by atoms with Crippen LogP contribution in [-0.2, 0) is 65.4 Å². The molecule has 17 nitrogen and oxygen atoms in total. The van der Waals surface area contributed by atoms with E-state index in [9.17, 15) is 43.2 Å². The highest BCUT2D eigenvalue weighted by molar-refractivity contribution is 7.47. The van der Waals surface area contributed by atoms with Crippen LogP contribution in [-0.4, -0.2) is 96.7 Å². The molecule has 5 atom stereocenters. The van der Waals surface area contributed by atoms with Crippen molar-refractivity contribution >= 4 is 39.5 Å². The van der Waals surface area contributed by atoms with Crippen LogP contribution in [0.3, 0.4) is 0 Å². The van der Waals surface area contributed by atoms with Crippen LogP contribution in [0.4, 0.5) is 0 Å².